The molecule has 0 spiro atoms. The van der Waals surface area contributed by atoms with Crippen molar-refractivity contribution in [3.63, 3.8) is 0 Å². The highest BCUT2D eigenvalue weighted by molar-refractivity contribution is 5.53. The van der Waals surface area contributed by atoms with Crippen LogP contribution in [0.25, 0.3) is 0 Å². The highest BCUT2D eigenvalue weighted by Gasteiger charge is 2.07. The van der Waals surface area contributed by atoms with Crippen molar-refractivity contribution in [1.82, 2.24) is 4.98 Å². The number of hydrogen-bond acceptors (Lipinski definition) is 4. The van der Waals surface area contributed by atoms with Gasteiger partial charge in [0.1, 0.15) is 11.8 Å². The molecule has 0 fully saturated rings. The van der Waals surface area contributed by atoms with E-state index in [2.05, 4.69) is 22.9 Å². The molecule has 0 aliphatic heterocycles. The van der Waals surface area contributed by atoms with E-state index in [4.69, 9.17) is 11.0 Å². The minimum absolute atomic E-state index is 0.455. The van der Waals surface area contributed by atoms with E-state index < -0.39 is 0 Å². The van der Waals surface area contributed by atoms with Crippen LogP contribution in [-0.4, -0.2) is 11.5 Å². The molecule has 0 unspecified atom stereocenters. The van der Waals surface area contributed by atoms with Crippen LogP contribution >= 0.6 is 0 Å². The molecule has 0 bridgehead atoms. The van der Waals surface area contributed by atoms with E-state index in [1.165, 1.54) is 0 Å². The summed E-state index contributed by atoms with van der Waals surface area (Å²) in [5, 5.41) is 8.91. The van der Waals surface area contributed by atoms with Crippen LogP contribution in [-0.2, 0) is 6.54 Å². The number of benzene rings is 1. The molecule has 0 aliphatic carbocycles. The SMILES string of the molecule is CCCN(Cc1ccnc(C#N)c1)c1ccc(N)cc1. The largest absolute Gasteiger partial charge is 0.399 e. The number of pyridine rings is 1. The van der Waals surface area contributed by atoms with Crippen molar-refractivity contribution in [2.45, 2.75) is 19.9 Å². The van der Waals surface area contributed by atoms with Crippen molar-refractivity contribution in [1.29, 1.82) is 5.26 Å². The summed E-state index contributed by atoms with van der Waals surface area (Å²) >= 11 is 0. The molecule has 2 N–H and O–H groups in total. The molecular weight excluding hydrogens is 248 g/mol. The van der Waals surface area contributed by atoms with Crippen LogP contribution in [0.1, 0.15) is 24.6 Å². The van der Waals surface area contributed by atoms with Gasteiger partial charge in [0, 0.05) is 30.7 Å². The molecule has 4 nitrogen and oxygen atoms in total. The summed E-state index contributed by atoms with van der Waals surface area (Å²) in [5.74, 6) is 0. The lowest BCUT2D eigenvalue weighted by Crippen LogP contribution is -2.23. The average Bonchev–Trinajstić information content (AvgIpc) is 2.48. The van der Waals surface area contributed by atoms with Crippen LogP contribution in [0.2, 0.25) is 0 Å². The molecule has 0 atom stereocenters. The summed E-state index contributed by atoms with van der Waals surface area (Å²) in [6.45, 7) is 3.86. The van der Waals surface area contributed by atoms with Gasteiger partial charge < -0.3 is 10.6 Å². The van der Waals surface area contributed by atoms with Crippen molar-refractivity contribution < 1.29 is 0 Å². The quantitative estimate of drug-likeness (QED) is 0.845. The Hall–Kier alpha value is -2.54. The maximum Gasteiger partial charge on any atom is 0.140 e. The Balaban J connectivity index is 2.20. The second kappa shape index (κ2) is 6.58. The van der Waals surface area contributed by atoms with Gasteiger partial charge in [-0.05, 0) is 48.4 Å². The Morgan fingerprint density at radius 1 is 1.25 bits per heavy atom. The third-order valence-electron chi connectivity index (χ3n) is 3.06. The average molecular weight is 266 g/mol. The molecule has 102 valence electrons. The first-order valence-electron chi connectivity index (χ1n) is 6.68. The summed E-state index contributed by atoms with van der Waals surface area (Å²) in [6.07, 6.45) is 2.74. The van der Waals surface area contributed by atoms with Gasteiger partial charge in [0.05, 0.1) is 0 Å². The smallest absolute Gasteiger partial charge is 0.140 e. The molecule has 0 radical (unpaired) electrons. The van der Waals surface area contributed by atoms with Gasteiger partial charge in [-0.3, -0.25) is 0 Å². The number of nitrogen functional groups attached to an aromatic ring is 1. The van der Waals surface area contributed by atoms with E-state index in [-0.39, 0.29) is 0 Å². The third-order valence-corrected chi connectivity index (χ3v) is 3.06. The first kappa shape index (κ1) is 13.9. The molecule has 2 aromatic rings. The molecule has 0 saturated carbocycles. The van der Waals surface area contributed by atoms with Gasteiger partial charge in [-0.15, -0.1) is 0 Å². The lowest BCUT2D eigenvalue weighted by atomic mass is 10.2. The van der Waals surface area contributed by atoms with Crippen molar-refractivity contribution in [2.75, 3.05) is 17.2 Å². The number of aromatic nitrogens is 1. The van der Waals surface area contributed by atoms with Crippen LogP contribution in [0, 0.1) is 11.3 Å². The van der Waals surface area contributed by atoms with E-state index in [0.717, 1.165) is 36.4 Å². The molecule has 0 saturated heterocycles. The summed E-state index contributed by atoms with van der Waals surface area (Å²) in [5.41, 5.74) is 9.17. The number of hydrogen-bond donors (Lipinski definition) is 1. The zero-order valence-corrected chi connectivity index (χ0v) is 11.6. The van der Waals surface area contributed by atoms with Gasteiger partial charge >= 0.3 is 0 Å². The van der Waals surface area contributed by atoms with E-state index >= 15 is 0 Å². The van der Waals surface area contributed by atoms with E-state index in [0.29, 0.717) is 5.69 Å². The van der Waals surface area contributed by atoms with Crippen molar-refractivity contribution in [3.8, 4) is 6.07 Å². The van der Waals surface area contributed by atoms with Crippen LogP contribution < -0.4 is 10.6 Å². The zero-order valence-electron chi connectivity index (χ0n) is 11.6. The Labute approximate surface area is 119 Å². The lowest BCUT2D eigenvalue weighted by molar-refractivity contribution is 0.766. The predicted octanol–water partition coefficient (Wildman–Crippen LogP) is 2.95. The monoisotopic (exact) mass is 266 g/mol. The van der Waals surface area contributed by atoms with E-state index in [1.54, 1.807) is 6.20 Å². The predicted molar refractivity (Wildman–Crippen MR) is 81.1 cm³/mol. The number of nitriles is 1. The number of rotatable bonds is 5. The first-order valence-corrected chi connectivity index (χ1v) is 6.68. The van der Waals surface area contributed by atoms with Crippen LogP contribution in [0.15, 0.2) is 42.6 Å². The molecule has 1 aromatic carbocycles. The minimum atomic E-state index is 0.455. The third kappa shape index (κ3) is 3.48. The van der Waals surface area contributed by atoms with E-state index in [9.17, 15) is 0 Å². The van der Waals surface area contributed by atoms with Crippen molar-refractivity contribution >= 4 is 11.4 Å². The number of nitrogens with two attached hydrogens (primary N) is 1. The van der Waals surface area contributed by atoms with Crippen LogP contribution in [0.3, 0.4) is 0 Å². The summed E-state index contributed by atoms with van der Waals surface area (Å²) in [7, 11) is 0. The van der Waals surface area contributed by atoms with Crippen LogP contribution in [0.4, 0.5) is 11.4 Å². The standard InChI is InChI=1S/C16H18N4/c1-2-9-20(16-5-3-14(18)4-6-16)12-13-7-8-19-15(10-13)11-17/h3-8,10H,2,9,12,18H2,1H3. The van der Waals surface area contributed by atoms with Crippen molar-refractivity contribution in [2.24, 2.45) is 0 Å². The van der Waals surface area contributed by atoms with Gasteiger partial charge in [0.25, 0.3) is 0 Å². The lowest BCUT2D eigenvalue weighted by Gasteiger charge is -2.24. The normalized spacial score (nSPS) is 10.0. The Kier molecular flexibility index (Phi) is 4.56. The Morgan fingerprint density at radius 2 is 2.00 bits per heavy atom. The fourth-order valence-electron chi connectivity index (χ4n) is 2.11. The highest BCUT2D eigenvalue weighted by Crippen LogP contribution is 2.19. The summed E-state index contributed by atoms with van der Waals surface area (Å²) < 4.78 is 0. The summed E-state index contributed by atoms with van der Waals surface area (Å²) in [6, 6.07) is 13.7. The van der Waals surface area contributed by atoms with Crippen LogP contribution in [0.5, 0.6) is 0 Å². The van der Waals surface area contributed by atoms with Gasteiger partial charge in [0.15, 0.2) is 0 Å². The van der Waals surface area contributed by atoms with E-state index in [1.807, 2.05) is 36.4 Å². The maximum absolute atomic E-state index is 8.91. The molecule has 20 heavy (non-hydrogen) atoms. The Morgan fingerprint density at radius 3 is 2.65 bits per heavy atom. The second-order valence-corrected chi connectivity index (χ2v) is 4.67. The summed E-state index contributed by atoms with van der Waals surface area (Å²) in [4.78, 5) is 6.27. The highest BCUT2D eigenvalue weighted by atomic mass is 15.1. The van der Waals surface area contributed by atoms with Gasteiger partial charge in [-0.2, -0.15) is 5.26 Å². The fraction of sp³-hybridized carbons (Fsp3) is 0.250. The second-order valence-electron chi connectivity index (χ2n) is 4.67. The molecule has 4 heteroatoms. The Bertz CT molecular complexity index is 599. The fourth-order valence-corrected chi connectivity index (χ4v) is 2.11. The minimum Gasteiger partial charge on any atom is -0.399 e. The topological polar surface area (TPSA) is 65.9 Å². The molecule has 1 aromatic heterocycles. The van der Waals surface area contributed by atoms with Gasteiger partial charge in [-0.1, -0.05) is 6.92 Å². The molecule has 0 amide bonds. The molecular formula is C16H18N4. The van der Waals surface area contributed by atoms with Gasteiger partial charge in [0.2, 0.25) is 0 Å². The number of nitrogens with zero attached hydrogens (tertiary/aromatic N) is 3. The molecule has 2 rings (SSSR count). The number of anilines is 2. The van der Waals surface area contributed by atoms with Gasteiger partial charge in [-0.25, -0.2) is 4.98 Å². The first-order chi connectivity index (χ1) is 9.72. The molecule has 0 aliphatic rings. The van der Waals surface area contributed by atoms with Crippen molar-refractivity contribution in [3.05, 3.63) is 53.9 Å². The maximum atomic E-state index is 8.91. The zero-order chi connectivity index (χ0) is 14.4. The molecule has 1 heterocycles.